The van der Waals surface area contributed by atoms with Crippen LogP contribution >= 0.6 is 0 Å². The zero-order valence-electron chi connectivity index (χ0n) is 73.6. The van der Waals surface area contributed by atoms with E-state index in [1.165, 1.54) is 88.1 Å². The molecule has 30 heteroatoms. The maximum absolute atomic E-state index is 10.1. The van der Waals surface area contributed by atoms with Crippen LogP contribution in [-0.2, 0) is 87.8 Å². The van der Waals surface area contributed by atoms with Gasteiger partial charge in [0.1, 0.15) is 0 Å². The summed E-state index contributed by atoms with van der Waals surface area (Å²) in [6.45, 7) is 0. The van der Waals surface area contributed by atoms with Gasteiger partial charge in [-0.3, -0.25) is 0 Å². The van der Waals surface area contributed by atoms with Crippen molar-refractivity contribution in [2.45, 2.75) is 88.1 Å². The molecule has 0 spiro atoms. The van der Waals surface area contributed by atoms with Gasteiger partial charge in [-0.05, 0) is 218 Å². The standard InChI is InChI=1S/6C18H15S.6AsFH2O2/c6*1-4-10-16(11-5-1)19(17-12-6-2-7-13-17)18-14-8-3-9-15-18;6*2-1(3)4/h6*1-15H;6*1H,(H,3,4)/q6*+1;;;;;;/p-6. The van der Waals surface area contributed by atoms with E-state index < -0.39 is 92.4 Å². The molecule has 0 amide bonds. The second kappa shape index (κ2) is 69.4. The van der Waals surface area contributed by atoms with Crippen LogP contribution in [0.5, 0.6) is 0 Å². The molecule has 138 heavy (non-hydrogen) atoms. The van der Waals surface area contributed by atoms with Crippen LogP contribution in [0, 0.1) is 0 Å². The second-order valence-corrected chi connectivity index (χ2v) is 45.0. The summed E-state index contributed by atoms with van der Waals surface area (Å²) in [5, 5.41) is 0. The molecule has 0 heterocycles. The molecule has 18 aromatic carbocycles. The third-order valence-corrected chi connectivity index (χ3v) is 31.0. The van der Waals surface area contributed by atoms with E-state index in [0.717, 1.165) is 0 Å². The van der Waals surface area contributed by atoms with Crippen LogP contribution in [0.4, 0.5) is 20.8 Å². The molecule has 0 aliphatic heterocycles. The Hall–Kier alpha value is -10.4. The fraction of sp³-hybridized carbons (Fsp3) is 0. The van der Waals surface area contributed by atoms with Crippen molar-refractivity contribution < 1.29 is 67.8 Å². The minimum Gasteiger partial charge on any atom is -0.0619 e. The van der Waals surface area contributed by atoms with E-state index in [0.29, 0.717) is 0 Å². The van der Waals surface area contributed by atoms with Crippen molar-refractivity contribution in [1.82, 2.24) is 0 Å². The van der Waals surface area contributed by atoms with Crippen LogP contribution in [-0.4, -0.2) is 92.4 Å². The summed E-state index contributed by atoms with van der Waals surface area (Å²) in [6.07, 6.45) is 0. The van der Waals surface area contributed by atoms with Crippen LogP contribution in [0.25, 0.3) is 0 Å². The van der Waals surface area contributed by atoms with E-state index in [-0.39, 0.29) is 65.4 Å². The van der Waals surface area contributed by atoms with Crippen molar-refractivity contribution in [3.63, 3.8) is 0 Å². The molecule has 708 valence electrons. The van der Waals surface area contributed by atoms with Gasteiger partial charge >= 0.3 is 160 Å². The Bertz CT molecular complexity index is 4770. The van der Waals surface area contributed by atoms with Gasteiger partial charge in [0.25, 0.3) is 0 Å². The summed E-state index contributed by atoms with van der Waals surface area (Å²) in [6, 6.07) is 193. The maximum atomic E-state index is 10.1. The molecule has 18 aromatic rings. The van der Waals surface area contributed by atoms with E-state index in [2.05, 4.69) is 546 Å². The minimum absolute atomic E-state index is 0.0146. The molecule has 0 fully saturated rings. The van der Waals surface area contributed by atoms with Crippen LogP contribution in [0.2, 0.25) is 0 Å². The van der Waals surface area contributed by atoms with Gasteiger partial charge in [-0.2, -0.15) is 0 Å². The van der Waals surface area contributed by atoms with Gasteiger partial charge in [0.15, 0.2) is 88.1 Å². The van der Waals surface area contributed by atoms with Gasteiger partial charge in [-0.15, -0.1) is 0 Å². The van der Waals surface area contributed by atoms with Crippen LogP contribution in [0.1, 0.15) is 0 Å². The zero-order valence-corrected chi connectivity index (χ0v) is 91.1. The molecule has 6 unspecified atom stereocenters. The van der Waals surface area contributed by atoms with Crippen molar-refractivity contribution in [1.29, 1.82) is 0 Å². The fourth-order valence-electron chi connectivity index (χ4n) is 12.5. The molecule has 0 aliphatic rings. The largest absolute Gasteiger partial charge is 0.166 e. The van der Waals surface area contributed by atoms with E-state index in [9.17, 15) is 20.8 Å². The summed E-state index contributed by atoms with van der Waals surface area (Å²) >= 11 is -26.0. The molecule has 0 saturated heterocycles. The molecule has 0 saturated carbocycles. The van der Waals surface area contributed by atoms with Gasteiger partial charge in [-0.25, -0.2) is 0 Å². The smallest absolute Gasteiger partial charge is 0.0619 e. The fourth-order valence-corrected chi connectivity index (χ4v) is 25.1. The Balaban J connectivity index is 0.000000215. The number of hydrogen-bond acceptors (Lipinski definition) is 12. The Morgan fingerprint density at radius 3 is 0.181 bits per heavy atom. The summed E-state index contributed by atoms with van der Waals surface area (Å²) in [5.74, 6) is 0. The molecule has 18 rings (SSSR count). The number of halogens is 6. The Kier molecular flexibility index (Phi) is 57.6. The number of rotatable bonds is 18. The number of hydrogen-bond donors (Lipinski definition) is 0. The molecular weight excluding hydrogens is 2250 g/mol. The van der Waals surface area contributed by atoms with Crippen molar-refractivity contribution in [2.75, 3.05) is 0 Å². The molecular formula is C108H96As6F6O12S6. The molecule has 0 radical (unpaired) electrons. The topological polar surface area (TPSA) is 241 Å². The Labute approximate surface area is 850 Å². The predicted molar refractivity (Wildman–Crippen MR) is 543 cm³/mol. The average molecular weight is 2340 g/mol. The third kappa shape index (κ3) is 46.1. The Morgan fingerprint density at radius 2 is 0.145 bits per heavy atom. The Morgan fingerprint density at radius 1 is 0.109 bits per heavy atom. The van der Waals surface area contributed by atoms with Gasteiger partial charge in [0, 0.05) is 0 Å². The molecule has 0 aliphatic carbocycles. The maximum Gasteiger partial charge on any atom is 0.166 e. The van der Waals surface area contributed by atoms with Crippen LogP contribution < -0.4 is 24.6 Å². The molecule has 0 N–H and O–H groups in total. The van der Waals surface area contributed by atoms with Gasteiger partial charge in [0.05, 0.1) is 65.4 Å². The summed E-state index contributed by atoms with van der Waals surface area (Å²) in [5.41, 5.74) is 0. The zero-order chi connectivity index (χ0) is 99.0. The van der Waals surface area contributed by atoms with Gasteiger partial charge < -0.3 is 0 Å². The van der Waals surface area contributed by atoms with E-state index >= 15 is 0 Å². The first-order chi connectivity index (χ1) is 67.1. The molecule has 0 aromatic heterocycles. The SMILES string of the molecule is O=[AsH]([O-])F.O=[AsH]([O-])F.O=[AsH]([O-])F.O=[AsH]([O-])F.O=[AsH]([O-])F.O=[AsH]([O-])F.c1ccc([S+](c2ccccc2)c2ccccc2)cc1.c1ccc([S+](c2ccccc2)c2ccccc2)cc1.c1ccc([S+](c2ccccc2)c2ccccc2)cc1.c1ccc([S+](c2ccccc2)c2ccccc2)cc1.c1ccc([S+](c2ccccc2)c2ccccc2)cc1.c1ccc([S+](c2ccccc2)c2ccccc2)cc1. The first-order valence-electron chi connectivity index (χ1n) is 41.6. The predicted octanol–water partition coefficient (Wildman–Crippen LogP) is 19.5. The second-order valence-electron chi connectivity index (χ2n) is 26.9. The molecule has 6 atom stereocenters. The summed E-state index contributed by atoms with van der Waals surface area (Å²) in [7, 11) is -0.0878. The van der Waals surface area contributed by atoms with Crippen molar-refractivity contribution in [2.24, 2.45) is 0 Å². The molecule has 0 bridgehead atoms. The van der Waals surface area contributed by atoms with Crippen LogP contribution in [0.15, 0.2) is 634 Å². The first-order valence-corrected chi connectivity index (χ1v) is 64.0. The number of benzene rings is 18. The normalized spacial score (nSPS) is 11.4. The third-order valence-electron chi connectivity index (χ3n) is 17.6. The van der Waals surface area contributed by atoms with Crippen molar-refractivity contribution in [3.8, 4) is 0 Å². The van der Waals surface area contributed by atoms with E-state index in [1.807, 2.05) is 0 Å². The summed E-state index contributed by atoms with van der Waals surface area (Å²) in [4.78, 5) is 24.5. The van der Waals surface area contributed by atoms with Gasteiger partial charge in [0.2, 0.25) is 0 Å². The van der Waals surface area contributed by atoms with Gasteiger partial charge in [-0.1, -0.05) is 328 Å². The quantitative estimate of drug-likeness (QED) is 0.0443. The van der Waals surface area contributed by atoms with Crippen LogP contribution in [0.3, 0.4) is 0 Å². The average Bonchev–Trinajstić information content (AvgIpc) is 0.848. The van der Waals surface area contributed by atoms with E-state index in [1.54, 1.807) is 0 Å². The van der Waals surface area contributed by atoms with E-state index in [4.69, 9.17) is 47.0 Å². The first kappa shape index (κ1) is 115. The minimum atomic E-state index is -4.33. The van der Waals surface area contributed by atoms with Crippen molar-refractivity contribution in [3.05, 3.63) is 546 Å². The molecule has 12 nitrogen and oxygen atoms in total. The van der Waals surface area contributed by atoms with Crippen molar-refractivity contribution >= 4 is 158 Å². The summed E-state index contributed by atoms with van der Waals surface area (Å²) < 4.78 is 162. The monoisotopic (exact) mass is 2340 g/mol.